The number of rotatable bonds is 3. The summed E-state index contributed by atoms with van der Waals surface area (Å²) in [7, 11) is 0. The smallest absolute Gasteiger partial charge is 0.225 e. The normalized spacial score (nSPS) is 20.9. The van der Waals surface area contributed by atoms with Crippen LogP contribution in [0.15, 0.2) is 36.2 Å². The van der Waals surface area contributed by atoms with E-state index in [-0.39, 0.29) is 17.7 Å². The minimum atomic E-state index is -0.782. The Kier molecular flexibility index (Phi) is 4.26. The lowest BCUT2D eigenvalue weighted by Gasteiger charge is -2.34. The van der Waals surface area contributed by atoms with Crippen LogP contribution in [0.1, 0.15) is 57.7 Å². The van der Waals surface area contributed by atoms with Gasteiger partial charge in [-0.15, -0.1) is 0 Å². The lowest BCUT2D eigenvalue weighted by Crippen LogP contribution is -2.41. The van der Waals surface area contributed by atoms with Crippen molar-refractivity contribution in [1.82, 2.24) is 9.38 Å². The molecule has 1 saturated carbocycles. The first-order chi connectivity index (χ1) is 12.6. The summed E-state index contributed by atoms with van der Waals surface area (Å²) in [6.07, 6.45) is 7.97. The molecule has 0 saturated heterocycles. The lowest BCUT2D eigenvalue weighted by atomic mass is 9.94. The fourth-order valence-corrected chi connectivity index (χ4v) is 4.08. The second-order valence-electron chi connectivity index (χ2n) is 7.09. The molecule has 4 rings (SSSR count). The van der Waals surface area contributed by atoms with Crippen molar-refractivity contribution >= 4 is 23.2 Å². The van der Waals surface area contributed by atoms with Crippen LogP contribution in [-0.4, -0.2) is 27.1 Å². The Bertz CT molecular complexity index is 893. The van der Waals surface area contributed by atoms with Gasteiger partial charge in [-0.3, -0.25) is 18.9 Å². The van der Waals surface area contributed by atoms with Crippen molar-refractivity contribution in [2.24, 2.45) is 0 Å². The summed E-state index contributed by atoms with van der Waals surface area (Å²) >= 11 is 0. The molecule has 0 aromatic carbocycles. The van der Waals surface area contributed by atoms with E-state index >= 15 is 0 Å². The Balaban J connectivity index is 1.87. The molecule has 1 aliphatic carbocycles. The second kappa shape index (κ2) is 6.59. The van der Waals surface area contributed by atoms with Crippen LogP contribution in [0.25, 0.3) is 5.65 Å². The SMILES string of the molecule is CC(=O)N(c1c(C2OC(C)=CC2=O)nc2ccccn12)C1CCCCC1. The number of amides is 1. The fraction of sp³-hybridized carbons (Fsp3) is 0.450. The highest BCUT2D eigenvalue weighted by Gasteiger charge is 2.37. The van der Waals surface area contributed by atoms with Crippen LogP contribution in [-0.2, 0) is 14.3 Å². The number of pyridine rings is 1. The third-order valence-electron chi connectivity index (χ3n) is 5.19. The second-order valence-corrected chi connectivity index (χ2v) is 7.09. The van der Waals surface area contributed by atoms with E-state index < -0.39 is 6.10 Å². The van der Waals surface area contributed by atoms with Crippen molar-refractivity contribution < 1.29 is 14.3 Å². The van der Waals surface area contributed by atoms with Crippen molar-refractivity contribution in [3.05, 3.63) is 41.9 Å². The average molecular weight is 353 g/mol. The Morgan fingerprint density at radius 3 is 2.69 bits per heavy atom. The Labute approximate surface area is 152 Å². The molecule has 1 atom stereocenters. The molecule has 0 N–H and O–H groups in total. The molecule has 6 heteroatoms. The van der Waals surface area contributed by atoms with E-state index in [1.807, 2.05) is 33.7 Å². The van der Waals surface area contributed by atoms with Gasteiger partial charge in [-0.2, -0.15) is 0 Å². The van der Waals surface area contributed by atoms with E-state index in [1.54, 1.807) is 13.8 Å². The summed E-state index contributed by atoms with van der Waals surface area (Å²) in [5.74, 6) is 1.09. The van der Waals surface area contributed by atoms with Crippen molar-refractivity contribution in [2.45, 2.75) is 58.1 Å². The number of imidazole rings is 1. The number of carbonyl (C=O) groups excluding carboxylic acids is 2. The van der Waals surface area contributed by atoms with Gasteiger partial charge in [0.1, 0.15) is 17.2 Å². The number of allylic oxidation sites excluding steroid dienone is 1. The summed E-state index contributed by atoms with van der Waals surface area (Å²) < 4.78 is 7.64. The zero-order chi connectivity index (χ0) is 18.3. The van der Waals surface area contributed by atoms with E-state index in [1.165, 1.54) is 12.5 Å². The summed E-state index contributed by atoms with van der Waals surface area (Å²) in [5.41, 5.74) is 1.23. The first kappa shape index (κ1) is 16.8. The van der Waals surface area contributed by atoms with Gasteiger partial charge in [-0.05, 0) is 31.9 Å². The van der Waals surface area contributed by atoms with Crippen LogP contribution >= 0.6 is 0 Å². The number of fused-ring (bicyclic) bond motifs is 1. The van der Waals surface area contributed by atoms with Crippen LogP contribution in [0.2, 0.25) is 0 Å². The van der Waals surface area contributed by atoms with Crippen LogP contribution in [0.4, 0.5) is 5.82 Å². The molecule has 1 aliphatic heterocycles. The van der Waals surface area contributed by atoms with Crippen LogP contribution in [0.5, 0.6) is 0 Å². The number of ketones is 1. The Hall–Kier alpha value is -2.63. The molecule has 26 heavy (non-hydrogen) atoms. The van der Waals surface area contributed by atoms with Crippen molar-refractivity contribution in [2.75, 3.05) is 4.90 Å². The maximum atomic E-state index is 12.6. The van der Waals surface area contributed by atoms with Gasteiger partial charge in [0.15, 0.2) is 0 Å². The number of hydrogen-bond acceptors (Lipinski definition) is 4. The fourth-order valence-electron chi connectivity index (χ4n) is 4.08. The predicted molar refractivity (Wildman–Crippen MR) is 97.8 cm³/mol. The molecule has 2 aromatic rings. The minimum Gasteiger partial charge on any atom is -0.480 e. The summed E-state index contributed by atoms with van der Waals surface area (Å²) in [5, 5.41) is 0. The van der Waals surface area contributed by atoms with Crippen molar-refractivity contribution in [3.8, 4) is 0 Å². The molecule has 0 radical (unpaired) electrons. The number of nitrogens with zero attached hydrogens (tertiary/aromatic N) is 3. The molecule has 3 heterocycles. The molecule has 1 fully saturated rings. The van der Waals surface area contributed by atoms with Gasteiger partial charge in [0.2, 0.25) is 17.8 Å². The molecule has 1 amide bonds. The molecule has 2 aliphatic rings. The Morgan fingerprint density at radius 2 is 2.04 bits per heavy atom. The maximum absolute atomic E-state index is 12.6. The molecular weight excluding hydrogens is 330 g/mol. The monoisotopic (exact) mass is 353 g/mol. The molecule has 136 valence electrons. The highest BCUT2D eigenvalue weighted by molar-refractivity contribution is 5.99. The number of hydrogen-bond donors (Lipinski definition) is 0. The van der Waals surface area contributed by atoms with E-state index in [9.17, 15) is 9.59 Å². The van der Waals surface area contributed by atoms with Crippen LogP contribution < -0.4 is 4.90 Å². The van der Waals surface area contributed by atoms with Gasteiger partial charge in [0.25, 0.3) is 0 Å². The molecule has 6 nitrogen and oxygen atoms in total. The zero-order valence-corrected chi connectivity index (χ0v) is 15.1. The van der Waals surface area contributed by atoms with Gasteiger partial charge >= 0.3 is 0 Å². The maximum Gasteiger partial charge on any atom is 0.225 e. The van der Waals surface area contributed by atoms with Gasteiger partial charge in [0.05, 0.1) is 5.76 Å². The number of aromatic nitrogens is 2. The molecule has 2 aromatic heterocycles. The van der Waals surface area contributed by atoms with E-state index in [0.717, 1.165) is 25.7 Å². The third kappa shape index (κ3) is 2.79. The van der Waals surface area contributed by atoms with E-state index in [2.05, 4.69) is 4.98 Å². The molecule has 1 unspecified atom stereocenters. The third-order valence-corrected chi connectivity index (χ3v) is 5.19. The van der Waals surface area contributed by atoms with Gasteiger partial charge in [-0.1, -0.05) is 25.3 Å². The predicted octanol–water partition coefficient (Wildman–Crippen LogP) is 3.56. The van der Waals surface area contributed by atoms with Crippen molar-refractivity contribution in [3.63, 3.8) is 0 Å². The molecular formula is C20H23N3O3. The van der Waals surface area contributed by atoms with Crippen LogP contribution in [0.3, 0.4) is 0 Å². The topological polar surface area (TPSA) is 63.9 Å². The number of anilines is 1. The largest absolute Gasteiger partial charge is 0.480 e. The van der Waals surface area contributed by atoms with E-state index in [0.29, 0.717) is 22.9 Å². The van der Waals surface area contributed by atoms with Gasteiger partial charge < -0.3 is 4.74 Å². The highest BCUT2D eigenvalue weighted by atomic mass is 16.5. The molecule has 0 bridgehead atoms. The van der Waals surface area contributed by atoms with Gasteiger partial charge in [0, 0.05) is 25.2 Å². The van der Waals surface area contributed by atoms with Gasteiger partial charge in [-0.25, -0.2) is 4.98 Å². The summed E-state index contributed by atoms with van der Waals surface area (Å²) in [6.45, 7) is 3.35. The lowest BCUT2D eigenvalue weighted by molar-refractivity contribution is -0.121. The average Bonchev–Trinajstić information content (AvgIpc) is 3.16. The summed E-state index contributed by atoms with van der Waals surface area (Å²) in [6, 6.07) is 5.81. The van der Waals surface area contributed by atoms with Crippen molar-refractivity contribution in [1.29, 1.82) is 0 Å². The first-order valence-electron chi connectivity index (χ1n) is 9.22. The quantitative estimate of drug-likeness (QED) is 0.846. The minimum absolute atomic E-state index is 0.0288. The highest BCUT2D eigenvalue weighted by Crippen LogP contribution is 2.37. The molecule has 0 spiro atoms. The first-order valence-corrected chi connectivity index (χ1v) is 9.22. The zero-order valence-electron chi connectivity index (χ0n) is 15.1. The number of carbonyl (C=O) groups is 2. The number of ether oxygens (including phenoxy) is 1. The van der Waals surface area contributed by atoms with Crippen LogP contribution in [0, 0.1) is 0 Å². The van der Waals surface area contributed by atoms with E-state index in [4.69, 9.17) is 4.74 Å². The standard InChI is InChI=1S/C20H23N3O3/c1-13-12-16(25)19(26-13)18-20(22-11-7-6-10-17(22)21-18)23(14(2)24)15-8-4-3-5-9-15/h6-7,10-12,15,19H,3-5,8-9H2,1-2H3. The summed E-state index contributed by atoms with van der Waals surface area (Å²) in [4.78, 5) is 31.6. The Morgan fingerprint density at radius 1 is 1.27 bits per heavy atom.